The molecular weight excluding hydrogens is 506 g/mol. The summed E-state index contributed by atoms with van der Waals surface area (Å²) in [5.74, 6) is 0.591. The van der Waals surface area contributed by atoms with Crippen molar-refractivity contribution in [2.24, 2.45) is 0 Å². The largest absolute Gasteiger partial charge is 0.486 e. The van der Waals surface area contributed by atoms with Crippen molar-refractivity contribution in [1.29, 1.82) is 0 Å². The van der Waals surface area contributed by atoms with Gasteiger partial charge in [0.05, 0.1) is 11.9 Å². The minimum absolute atomic E-state index is 0.0790. The lowest BCUT2D eigenvalue weighted by atomic mass is 10.1. The molecular formula is C28H39N3O6S. The van der Waals surface area contributed by atoms with Gasteiger partial charge in [0.2, 0.25) is 21.8 Å². The van der Waals surface area contributed by atoms with Gasteiger partial charge >= 0.3 is 0 Å². The third-order valence-corrected chi connectivity index (χ3v) is 7.43. The molecule has 0 unspecified atom stereocenters. The van der Waals surface area contributed by atoms with Crippen LogP contribution in [0.15, 0.2) is 42.5 Å². The number of fused-ring (bicyclic) bond motifs is 1. The van der Waals surface area contributed by atoms with Gasteiger partial charge < -0.3 is 19.7 Å². The fraction of sp³-hybridized carbons (Fsp3) is 0.500. The molecule has 2 amide bonds. The molecule has 1 heterocycles. The second-order valence-electron chi connectivity index (χ2n) is 10.6. The highest BCUT2D eigenvalue weighted by molar-refractivity contribution is 7.92. The van der Waals surface area contributed by atoms with Crippen LogP contribution in [0.2, 0.25) is 0 Å². The van der Waals surface area contributed by atoms with Crippen molar-refractivity contribution in [3.05, 3.63) is 53.6 Å². The molecule has 0 radical (unpaired) electrons. The lowest BCUT2D eigenvalue weighted by Gasteiger charge is -2.32. The summed E-state index contributed by atoms with van der Waals surface area (Å²) in [6, 6.07) is 12.0. The second-order valence-corrected chi connectivity index (χ2v) is 12.5. The van der Waals surface area contributed by atoms with Crippen LogP contribution in [-0.4, -0.2) is 62.7 Å². The number of anilines is 1. The number of rotatable bonds is 10. The number of ether oxygens (including phenoxy) is 2. The van der Waals surface area contributed by atoms with Gasteiger partial charge in [0.25, 0.3) is 0 Å². The minimum atomic E-state index is -3.62. The molecule has 0 spiro atoms. The van der Waals surface area contributed by atoms with Crippen LogP contribution in [0.3, 0.4) is 0 Å². The van der Waals surface area contributed by atoms with E-state index in [1.165, 1.54) is 4.31 Å². The predicted molar refractivity (Wildman–Crippen MR) is 148 cm³/mol. The first kappa shape index (κ1) is 29.3. The summed E-state index contributed by atoms with van der Waals surface area (Å²) in [6.07, 6.45) is 1.49. The van der Waals surface area contributed by atoms with Crippen molar-refractivity contribution in [2.75, 3.05) is 30.3 Å². The molecule has 0 aliphatic carbocycles. The molecule has 1 atom stereocenters. The molecule has 0 fully saturated rings. The number of hydrogen-bond donors (Lipinski definition) is 1. The zero-order chi connectivity index (χ0) is 28.1. The lowest BCUT2D eigenvalue weighted by molar-refractivity contribution is -0.141. The topological polar surface area (TPSA) is 105 Å². The van der Waals surface area contributed by atoms with Gasteiger partial charge in [-0.2, -0.15) is 0 Å². The maximum absolute atomic E-state index is 13.5. The van der Waals surface area contributed by atoms with Crippen LogP contribution < -0.4 is 19.1 Å². The standard InChI is InChI=1S/C28H39N3O6S/c1-20-10-7-8-11-22(20)19-30(21(2)27(33)29-28(3,4)5)26(32)12-9-15-31(38(6,34)35)23-13-14-24-25(18-23)37-17-16-36-24/h7-8,10-11,13-14,18,21H,9,12,15-17,19H2,1-6H3,(H,29,33)/t21-/m0/s1. The van der Waals surface area contributed by atoms with Gasteiger partial charge in [-0.25, -0.2) is 8.42 Å². The molecule has 1 aliphatic heterocycles. The number of benzene rings is 2. The summed E-state index contributed by atoms with van der Waals surface area (Å²) in [5.41, 5.74) is 1.97. The van der Waals surface area contributed by atoms with Gasteiger partial charge in [0.15, 0.2) is 11.5 Å². The van der Waals surface area contributed by atoms with E-state index in [4.69, 9.17) is 9.47 Å². The summed E-state index contributed by atoms with van der Waals surface area (Å²) < 4.78 is 37.7. The van der Waals surface area contributed by atoms with Gasteiger partial charge in [-0.1, -0.05) is 24.3 Å². The number of nitrogens with one attached hydrogen (secondary N) is 1. The van der Waals surface area contributed by atoms with E-state index in [0.29, 0.717) is 30.4 Å². The quantitative estimate of drug-likeness (QED) is 0.489. The van der Waals surface area contributed by atoms with Crippen molar-refractivity contribution in [3.63, 3.8) is 0 Å². The van der Waals surface area contributed by atoms with E-state index in [1.54, 1.807) is 30.0 Å². The third kappa shape index (κ3) is 7.86. The molecule has 9 nitrogen and oxygen atoms in total. The van der Waals surface area contributed by atoms with Crippen LogP contribution >= 0.6 is 0 Å². The molecule has 2 aromatic carbocycles. The van der Waals surface area contributed by atoms with Crippen LogP contribution in [0.5, 0.6) is 11.5 Å². The fourth-order valence-corrected chi connectivity index (χ4v) is 5.18. The zero-order valence-corrected chi connectivity index (χ0v) is 23.9. The smallest absolute Gasteiger partial charge is 0.242 e. The van der Waals surface area contributed by atoms with Gasteiger partial charge in [0, 0.05) is 31.1 Å². The summed E-state index contributed by atoms with van der Waals surface area (Å²) in [4.78, 5) is 28.0. The average Bonchev–Trinajstić information content (AvgIpc) is 2.83. The van der Waals surface area contributed by atoms with Crippen LogP contribution in [0, 0.1) is 6.92 Å². The van der Waals surface area contributed by atoms with Gasteiger partial charge in [-0.15, -0.1) is 0 Å². The fourth-order valence-electron chi connectivity index (χ4n) is 4.22. The van der Waals surface area contributed by atoms with E-state index in [-0.39, 0.29) is 37.7 Å². The second kappa shape index (κ2) is 12.1. The molecule has 10 heteroatoms. The van der Waals surface area contributed by atoms with Crippen LogP contribution in [0.25, 0.3) is 0 Å². The van der Waals surface area contributed by atoms with E-state index in [9.17, 15) is 18.0 Å². The van der Waals surface area contributed by atoms with Crippen LogP contribution in [0.1, 0.15) is 51.7 Å². The minimum Gasteiger partial charge on any atom is -0.486 e. The Morgan fingerprint density at radius 1 is 1.05 bits per heavy atom. The molecule has 0 aromatic heterocycles. The van der Waals surface area contributed by atoms with Crippen molar-refractivity contribution in [2.45, 2.75) is 65.6 Å². The summed E-state index contributed by atoms with van der Waals surface area (Å²) in [7, 11) is -3.62. The van der Waals surface area contributed by atoms with Gasteiger partial charge in [0.1, 0.15) is 19.3 Å². The van der Waals surface area contributed by atoms with Crippen LogP contribution in [0.4, 0.5) is 5.69 Å². The Hall–Kier alpha value is -3.27. The molecule has 38 heavy (non-hydrogen) atoms. The molecule has 0 saturated carbocycles. The average molecular weight is 546 g/mol. The highest BCUT2D eigenvalue weighted by Gasteiger charge is 2.29. The number of nitrogens with zero attached hydrogens (tertiary/aromatic N) is 2. The van der Waals surface area contributed by atoms with Crippen LogP contribution in [-0.2, 0) is 26.2 Å². The monoisotopic (exact) mass is 545 g/mol. The highest BCUT2D eigenvalue weighted by atomic mass is 32.2. The van der Waals surface area contributed by atoms with E-state index < -0.39 is 21.6 Å². The Morgan fingerprint density at radius 3 is 2.34 bits per heavy atom. The summed E-state index contributed by atoms with van der Waals surface area (Å²) in [6.45, 7) is 10.6. The number of hydrogen-bond acceptors (Lipinski definition) is 6. The van der Waals surface area contributed by atoms with Crippen molar-refractivity contribution in [1.82, 2.24) is 10.2 Å². The van der Waals surface area contributed by atoms with Crippen molar-refractivity contribution >= 4 is 27.5 Å². The molecule has 1 aliphatic rings. The maximum Gasteiger partial charge on any atom is 0.242 e. The lowest BCUT2D eigenvalue weighted by Crippen LogP contribution is -2.52. The Morgan fingerprint density at radius 2 is 1.71 bits per heavy atom. The first-order chi connectivity index (χ1) is 17.8. The summed E-state index contributed by atoms with van der Waals surface area (Å²) >= 11 is 0. The molecule has 0 saturated heterocycles. The molecule has 0 bridgehead atoms. The SMILES string of the molecule is Cc1ccccc1CN(C(=O)CCCN(c1ccc2c(c1)OCCO2)S(C)(=O)=O)[C@@H](C)C(=O)NC(C)(C)C. The first-order valence-corrected chi connectivity index (χ1v) is 14.6. The highest BCUT2D eigenvalue weighted by Crippen LogP contribution is 2.34. The molecule has 2 aromatic rings. The number of sulfonamides is 1. The Kier molecular flexibility index (Phi) is 9.30. The number of carbonyl (C=O) groups excluding carboxylic acids is 2. The number of carbonyl (C=O) groups is 2. The van der Waals surface area contributed by atoms with E-state index in [0.717, 1.165) is 17.4 Å². The molecule has 208 valence electrons. The normalized spacial score (nSPS) is 13.9. The van der Waals surface area contributed by atoms with Crippen molar-refractivity contribution < 1.29 is 27.5 Å². The number of aryl methyl sites for hydroxylation is 1. The van der Waals surface area contributed by atoms with E-state index in [2.05, 4.69) is 5.32 Å². The van der Waals surface area contributed by atoms with Gasteiger partial charge in [-0.3, -0.25) is 13.9 Å². The Balaban J connectivity index is 1.76. The van der Waals surface area contributed by atoms with E-state index in [1.807, 2.05) is 52.0 Å². The molecule has 3 rings (SSSR count). The Bertz CT molecular complexity index is 1260. The maximum atomic E-state index is 13.5. The number of amides is 2. The van der Waals surface area contributed by atoms with Gasteiger partial charge in [-0.05, 0) is 64.3 Å². The third-order valence-electron chi connectivity index (χ3n) is 6.23. The Labute approximate surface area is 226 Å². The summed E-state index contributed by atoms with van der Waals surface area (Å²) in [5, 5.41) is 2.95. The molecule has 1 N–H and O–H groups in total. The first-order valence-electron chi connectivity index (χ1n) is 12.8. The predicted octanol–water partition coefficient (Wildman–Crippen LogP) is 3.64. The van der Waals surface area contributed by atoms with Crippen molar-refractivity contribution in [3.8, 4) is 11.5 Å². The van der Waals surface area contributed by atoms with E-state index >= 15 is 0 Å². The zero-order valence-electron chi connectivity index (χ0n) is 23.1.